The Balaban J connectivity index is 1.89. The number of aliphatic hydroxyl groups is 1. The van der Waals surface area contributed by atoms with Gasteiger partial charge in [0.25, 0.3) is 0 Å². The maximum atomic E-state index is 11.8. The van der Waals surface area contributed by atoms with Crippen LogP contribution in [0.3, 0.4) is 0 Å². The van der Waals surface area contributed by atoms with E-state index in [4.69, 9.17) is 5.11 Å². The molecular formula is C24H22O4. The molecule has 3 aromatic carbocycles. The van der Waals surface area contributed by atoms with Crippen LogP contribution in [0.4, 0.5) is 0 Å². The first kappa shape index (κ1) is 19.5. The van der Waals surface area contributed by atoms with E-state index in [1.165, 1.54) is 0 Å². The molecule has 28 heavy (non-hydrogen) atoms. The molecule has 0 heterocycles. The molecule has 0 spiro atoms. The fourth-order valence-electron chi connectivity index (χ4n) is 3.40. The van der Waals surface area contributed by atoms with Gasteiger partial charge in [0.1, 0.15) is 6.61 Å². The summed E-state index contributed by atoms with van der Waals surface area (Å²) in [6, 6.07) is 24.4. The molecule has 0 aliphatic heterocycles. The van der Waals surface area contributed by atoms with E-state index in [0.29, 0.717) is 18.4 Å². The van der Waals surface area contributed by atoms with E-state index in [1.807, 2.05) is 42.5 Å². The predicted molar refractivity (Wildman–Crippen MR) is 108 cm³/mol. The van der Waals surface area contributed by atoms with Gasteiger partial charge in [0, 0.05) is 5.56 Å². The van der Waals surface area contributed by atoms with Gasteiger partial charge in [-0.25, -0.2) is 4.79 Å². The molecule has 0 saturated carbocycles. The maximum absolute atomic E-state index is 11.8. The van der Waals surface area contributed by atoms with Gasteiger partial charge in [-0.1, -0.05) is 60.7 Å². The summed E-state index contributed by atoms with van der Waals surface area (Å²) in [6.45, 7) is -0.506. The third-order valence-corrected chi connectivity index (χ3v) is 4.80. The minimum absolute atomic E-state index is 0.129. The van der Waals surface area contributed by atoms with Crippen LogP contribution < -0.4 is 0 Å². The second-order valence-corrected chi connectivity index (χ2v) is 6.80. The van der Waals surface area contributed by atoms with Crippen molar-refractivity contribution in [2.75, 3.05) is 6.61 Å². The average Bonchev–Trinajstić information content (AvgIpc) is 2.73. The van der Waals surface area contributed by atoms with Crippen molar-refractivity contribution in [1.82, 2.24) is 0 Å². The Morgan fingerprint density at radius 1 is 0.750 bits per heavy atom. The minimum Gasteiger partial charge on any atom is -0.478 e. The Morgan fingerprint density at radius 3 is 1.89 bits per heavy atom. The van der Waals surface area contributed by atoms with Crippen molar-refractivity contribution in [3.63, 3.8) is 0 Å². The first-order valence-corrected chi connectivity index (χ1v) is 9.17. The van der Waals surface area contributed by atoms with Crippen molar-refractivity contribution in [2.24, 2.45) is 0 Å². The van der Waals surface area contributed by atoms with Crippen LogP contribution in [0.1, 0.15) is 43.3 Å². The number of carbonyl (C=O) groups is 2. The van der Waals surface area contributed by atoms with E-state index in [9.17, 15) is 14.7 Å². The van der Waals surface area contributed by atoms with Crippen LogP contribution in [0.5, 0.6) is 0 Å². The summed E-state index contributed by atoms with van der Waals surface area (Å²) in [5.74, 6) is -1.11. The van der Waals surface area contributed by atoms with Crippen molar-refractivity contribution in [2.45, 2.75) is 18.8 Å². The molecule has 0 aliphatic rings. The maximum Gasteiger partial charge on any atom is 0.335 e. The van der Waals surface area contributed by atoms with E-state index in [0.717, 1.165) is 16.7 Å². The Hall–Kier alpha value is -3.24. The highest BCUT2D eigenvalue weighted by Crippen LogP contribution is 2.26. The van der Waals surface area contributed by atoms with Crippen LogP contribution in [0, 0.1) is 0 Å². The normalized spacial score (nSPS) is 11.8. The van der Waals surface area contributed by atoms with Crippen LogP contribution in [0.15, 0.2) is 78.9 Å². The number of aromatic carboxylic acids is 1. The van der Waals surface area contributed by atoms with Gasteiger partial charge in [-0.15, -0.1) is 0 Å². The first-order valence-electron chi connectivity index (χ1n) is 9.17. The summed E-state index contributed by atoms with van der Waals surface area (Å²) in [6.07, 6.45) is 1.39. The number of carboxylic acids is 1. The van der Waals surface area contributed by atoms with Gasteiger partial charge >= 0.3 is 5.97 Å². The van der Waals surface area contributed by atoms with Crippen LogP contribution in [-0.4, -0.2) is 28.6 Å². The van der Waals surface area contributed by atoms with Crippen LogP contribution in [0.25, 0.3) is 0 Å². The molecule has 0 amide bonds. The molecule has 0 aliphatic carbocycles. The number of hydrogen-bond donors (Lipinski definition) is 2. The number of carbonyl (C=O) groups excluding carboxylic acids is 1. The quantitative estimate of drug-likeness (QED) is 0.582. The summed E-state index contributed by atoms with van der Waals surface area (Å²) in [4.78, 5) is 23.1. The number of carboxylic acid groups (broad SMARTS) is 1. The zero-order chi connectivity index (χ0) is 19.9. The van der Waals surface area contributed by atoms with Gasteiger partial charge in [0.05, 0.1) is 5.56 Å². The molecule has 142 valence electrons. The molecule has 0 fully saturated rings. The summed E-state index contributed by atoms with van der Waals surface area (Å²) in [7, 11) is 0. The second kappa shape index (κ2) is 9.11. The second-order valence-electron chi connectivity index (χ2n) is 6.80. The molecule has 3 rings (SSSR count). The third-order valence-electron chi connectivity index (χ3n) is 4.80. The highest BCUT2D eigenvalue weighted by atomic mass is 16.4. The Bertz CT molecular complexity index is 963. The van der Waals surface area contributed by atoms with E-state index >= 15 is 0 Å². The van der Waals surface area contributed by atoms with Crippen molar-refractivity contribution in [1.29, 1.82) is 0 Å². The summed E-state index contributed by atoms with van der Waals surface area (Å²) >= 11 is 0. The standard InChI is InChI=1S/C24H22O4/c25-16-23(26)20-10-4-6-17(12-20)14-22(19-8-2-1-3-9-19)15-18-7-5-11-21(13-18)24(27)28/h1-13,22,25H,14-16H2,(H,27,28). The van der Waals surface area contributed by atoms with E-state index < -0.39 is 12.6 Å². The number of ketones is 1. The zero-order valence-electron chi connectivity index (χ0n) is 15.4. The van der Waals surface area contributed by atoms with Gasteiger partial charge in [0.2, 0.25) is 0 Å². The smallest absolute Gasteiger partial charge is 0.335 e. The van der Waals surface area contributed by atoms with E-state index in [2.05, 4.69) is 12.1 Å². The lowest BCUT2D eigenvalue weighted by molar-refractivity contribution is 0.0696. The average molecular weight is 374 g/mol. The van der Waals surface area contributed by atoms with Crippen molar-refractivity contribution in [3.05, 3.63) is 107 Å². The van der Waals surface area contributed by atoms with Gasteiger partial charge in [-0.3, -0.25) is 4.79 Å². The lowest BCUT2D eigenvalue weighted by Gasteiger charge is -2.18. The fourth-order valence-corrected chi connectivity index (χ4v) is 3.40. The summed E-state index contributed by atoms with van der Waals surface area (Å²) < 4.78 is 0. The molecule has 3 aromatic rings. The fraction of sp³-hybridized carbons (Fsp3) is 0.167. The Kier molecular flexibility index (Phi) is 6.35. The molecule has 4 heteroatoms. The molecule has 0 bridgehead atoms. The first-order chi connectivity index (χ1) is 13.6. The lowest BCUT2D eigenvalue weighted by atomic mass is 9.86. The van der Waals surface area contributed by atoms with Gasteiger partial charge in [-0.2, -0.15) is 0 Å². The lowest BCUT2D eigenvalue weighted by Crippen LogP contribution is -2.09. The third kappa shape index (κ3) is 4.93. The molecule has 1 atom stereocenters. The Morgan fingerprint density at radius 2 is 1.32 bits per heavy atom. The molecule has 0 radical (unpaired) electrons. The molecule has 2 N–H and O–H groups in total. The number of Topliss-reactive ketones (excluding diaryl/α,β-unsaturated/α-hetero) is 1. The highest BCUT2D eigenvalue weighted by molar-refractivity contribution is 5.97. The molecule has 4 nitrogen and oxygen atoms in total. The van der Waals surface area contributed by atoms with E-state index in [-0.39, 0.29) is 17.3 Å². The largest absolute Gasteiger partial charge is 0.478 e. The number of rotatable bonds is 8. The monoisotopic (exact) mass is 374 g/mol. The van der Waals surface area contributed by atoms with Crippen molar-refractivity contribution >= 4 is 11.8 Å². The van der Waals surface area contributed by atoms with Gasteiger partial charge in [-0.05, 0) is 53.6 Å². The zero-order valence-corrected chi connectivity index (χ0v) is 15.4. The Labute approximate surface area is 164 Å². The van der Waals surface area contributed by atoms with Crippen LogP contribution >= 0.6 is 0 Å². The summed E-state index contributed by atoms with van der Waals surface area (Å²) in [5.41, 5.74) is 3.89. The molecule has 1 unspecified atom stereocenters. The molecule has 0 aromatic heterocycles. The number of hydrogen-bond acceptors (Lipinski definition) is 3. The molecular weight excluding hydrogens is 352 g/mol. The number of aliphatic hydroxyl groups excluding tert-OH is 1. The van der Waals surface area contributed by atoms with Gasteiger partial charge < -0.3 is 10.2 Å². The number of benzene rings is 3. The highest BCUT2D eigenvalue weighted by Gasteiger charge is 2.15. The van der Waals surface area contributed by atoms with E-state index in [1.54, 1.807) is 24.3 Å². The minimum atomic E-state index is -0.937. The van der Waals surface area contributed by atoms with Crippen molar-refractivity contribution < 1.29 is 19.8 Å². The van der Waals surface area contributed by atoms with Gasteiger partial charge in [0.15, 0.2) is 5.78 Å². The van der Waals surface area contributed by atoms with Crippen LogP contribution in [-0.2, 0) is 12.8 Å². The predicted octanol–water partition coefficient (Wildman–Crippen LogP) is 4.13. The van der Waals surface area contributed by atoms with Crippen molar-refractivity contribution in [3.8, 4) is 0 Å². The summed E-state index contributed by atoms with van der Waals surface area (Å²) in [5, 5.41) is 18.4. The molecule has 0 saturated heterocycles. The topological polar surface area (TPSA) is 74.6 Å². The van der Waals surface area contributed by atoms with Crippen LogP contribution in [0.2, 0.25) is 0 Å². The SMILES string of the molecule is O=C(O)c1cccc(CC(Cc2cccc(C(=O)CO)c2)c2ccccc2)c1.